The molecule has 0 spiro atoms. The van der Waals surface area contributed by atoms with Gasteiger partial charge in [0.1, 0.15) is 5.76 Å². The number of rotatable bonds is 6. The predicted molar refractivity (Wildman–Crippen MR) is 123 cm³/mol. The Hall–Kier alpha value is -2.93. The van der Waals surface area contributed by atoms with Gasteiger partial charge in [0.05, 0.1) is 24.4 Å². The summed E-state index contributed by atoms with van der Waals surface area (Å²) in [6, 6.07) is 8.48. The molecule has 3 aromatic rings. The number of nitrogens with one attached hydrogen (secondary N) is 1. The molecule has 2 aliphatic rings. The Morgan fingerprint density at radius 3 is 2.75 bits per heavy atom. The molecule has 5 rings (SSSR count). The Morgan fingerprint density at radius 2 is 1.97 bits per heavy atom. The van der Waals surface area contributed by atoms with E-state index in [0.717, 1.165) is 55.3 Å². The van der Waals surface area contributed by atoms with Crippen LogP contribution >= 0.6 is 0 Å². The number of aromatic nitrogens is 2. The topological polar surface area (TPSA) is 80.5 Å². The van der Waals surface area contributed by atoms with Crippen LogP contribution in [-0.4, -0.2) is 41.7 Å². The van der Waals surface area contributed by atoms with Crippen LogP contribution in [0.1, 0.15) is 59.3 Å². The van der Waals surface area contributed by atoms with Gasteiger partial charge in [0.15, 0.2) is 0 Å². The maximum atomic E-state index is 11.7. The van der Waals surface area contributed by atoms with Gasteiger partial charge < -0.3 is 19.4 Å². The van der Waals surface area contributed by atoms with Crippen molar-refractivity contribution < 1.29 is 13.9 Å². The first kappa shape index (κ1) is 20.9. The Bertz CT molecular complexity index is 1130. The van der Waals surface area contributed by atoms with Crippen LogP contribution in [0.25, 0.3) is 10.9 Å². The lowest BCUT2D eigenvalue weighted by Crippen LogP contribution is -2.43. The van der Waals surface area contributed by atoms with Crippen LogP contribution in [-0.2, 0) is 24.1 Å². The summed E-state index contributed by atoms with van der Waals surface area (Å²) >= 11 is 0. The molecule has 2 aromatic heterocycles. The number of furan rings is 1. The molecule has 0 bridgehead atoms. The number of hydrogen-bond donors (Lipinski definition) is 1. The quantitative estimate of drug-likeness (QED) is 0.588. The van der Waals surface area contributed by atoms with Gasteiger partial charge in [-0.3, -0.25) is 0 Å². The summed E-state index contributed by atoms with van der Waals surface area (Å²) in [6.45, 7) is 6.65. The number of ether oxygens (including phenoxy) is 1. The number of carbonyl (C=O) groups is 1. The van der Waals surface area contributed by atoms with Gasteiger partial charge in [-0.2, -0.15) is 0 Å². The van der Waals surface area contributed by atoms with Gasteiger partial charge in [-0.15, -0.1) is 0 Å². The van der Waals surface area contributed by atoms with E-state index in [-0.39, 0.29) is 5.76 Å². The summed E-state index contributed by atoms with van der Waals surface area (Å²) in [6.07, 6.45) is 5.60. The van der Waals surface area contributed by atoms with Gasteiger partial charge in [0.2, 0.25) is 11.7 Å². The van der Waals surface area contributed by atoms with Crippen LogP contribution in [0.3, 0.4) is 0 Å². The van der Waals surface area contributed by atoms with Gasteiger partial charge >= 0.3 is 5.97 Å². The molecule has 7 heteroatoms. The molecule has 1 aliphatic heterocycles. The molecule has 1 saturated heterocycles. The van der Waals surface area contributed by atoms with Crippen molar-refractivity contribution in [2.45, 2.75) is 58.5 Å². The van der Waals surface area contributed by atoms with Crippen molar-refractivity contribution in [3.8, 4) is 0 Å². The Balaban J connectivity index is 1.19. The smallest absolute Gasteiger partial charge is 0.374 e. The average Bonchev–Trinajstić information content (AvgIpc) is 3.46. The fourth-order valence-corrected chi connectivity index (χ4v) is 4.79. The number of fused-ring (bicyclic) bond motifs is 2. The first-order valence-corrected chi connectivity index (χ1v) is 11.6. The van der Waals surface area contributed by atoms with E-state index >= 15 is 0 Å². The molecule has 0 atom stereocenters. The Kier molecular flexibility index (Phi) is 5.83. The molecular weight excluding hydrogens is 404 g/mol. The second kappa shape index (κ2) is 8.90. The third-order valence-corrected chi connectivity index (χ3v) is 6.57. The largest absolute Gasteiger partial charge is 0.460 e. The van der Waals surface area contributed by atoms with Crippen LogP contribution in [0.4, 0.5) is 5.95 Å². The number of hydrogen-bond acceptors (Lipinski definition) is 7. The summed E-state index contributed by atoms with van der Waals surface area (Å²) < 4.78 is 10.6. The third-order valence-electron chi connectivity index (χ3n) is 6.57. The standard InChI is InChI=1S/C25H30N4O3/c1-3-31-24(30)23-8-7-20(32-23)15-26-19-9-11-29(12-10-19)25-27-16(2)21-13-17-5-4-6-18(17)14-22(21)28-25/h7-8,13-14,19,26H,3-6,9-12,15H2,1-2H3. The molecule has 0 unspecified atom stereocenters. The maximum Gasteiger partial charge on any atom is 0.374 e. The molecule has 1 N–H and O–H groups in total. The normalized spacial score (nSPS) is 16.5. The van der Waals surface area contributed by atoms with Crippen molar-refractivity contribution in [3.05, 3.63) is 52.6 Å². The molecule has 168 valence electrons. The number of anilines is 1. The maximum absolute atomic E-state index is 11.7. The SMILES string of the molecule is CCOC(=O)c1ccc(CNC2CCN(c3nc(C)c4cc5c(cc4n3)CCC5)CC2)o1. The minimum atomic E-state index is -0.414. The highest BCUT2D eigenvalue weighted by Gasteiger charge is 2.23. The van der Waals surface area contributed by atoms with Crippen molar-refractivity contribution in [2.24, 2.45) is 0 Å². The van der Waals surface area contributed by atoms with Crippen molar-refractivity contribution in [1.82, 2.24) is 15.3 Å². The Morgan fingerprint density at radius 1 is 1.19 bits per heavy atom. The second-order valence-corrected chi connectivity index (χ2v) is 8.73. The monoisotopic (exact) mass is 434 g/mol. The zero-order chi connectivity index (χ0) is 22.1. The number of nitrogens with zero attached hydrogens (tertiary/aromatic N) is 3. The number of piperidine rings is 1. The van der Waals surface area contributed by atoms with Crippen molar-refractivity contribution in [3.63, 3.8) is 0 Å². The molecule has 1 aromatic carbocycles. The van der Waals surface area contributed by atoms with Gasteiger partial charge in [-0.1, -0.05) is 0 Å². The van der Waals surface area contributed by atoms with Crippen LogP contribution in [0.15, 0.2) is 28.7 Å². The molecule has 7 nitrogen and oxygen atoms in total. The van der Waals surface area contributed by atoms with Crippen LogP contribution < -0.4 is 10.2 Å². The zero-order valence-corrected chi connectivity index (χ0v) is 18.8. The van der Waals surface area contributed by atoms with E-state index in [4.69, 9.17) is 19.1 Å². The molecule has 3 heterocycles. The molecule has 0 amide bonds. The third kappa shape index (κ3) is 4.21. The van der Waals surface area contributed by atoms with E-state index in [1.165, 1.54) is 29.4 Å². The molecule has 0 radical (unpaired) electrons. The molecular formula is C25H30N4O3. The average molecular weight is 435 g/mol. The van der Waals surface area contributed by atoms with Gasteiger partial charge in [-0.25, -0.2) is 14.8 Å². The van der Waals surface area contributed by atoms with E-state index in [9.17, 15) is 4.79 Å². The van der Waals surface area contributed by atoms with Crippen LogP contribution in [0.5, 0.6) is 0 Å². The van der Waals surface area contributed by atoms with Crippen molar-refractivity contribution in [1.29, 1.82) is 0 Å². The summed E-state index contributed by atoms with van der Waals surface area (Å²) in [4.78, 5) is 23.8. The molecule has 0 saturated carbocycles. The summed E-state index contributed by atoms with van der Waals surface area (Å²) in [5, 5.41) is 4.74. The highest BCUT2D eigenvalue weighted by atomic mass is 16.5. The highest BCUT2D eigenvalue weighted by Crippen LogP contribution is 2.29. The zero-order valence-electron chi connectivity index (χ0n) is 18.8. The number of benzene rings is 1. The second-order valence-electron chi connectivity index (χ2n) is 8.73. The van der Waals surface area contributed by atoms with Crippen molar-refractivity contribution in [2.75, 3.05) is 24.6 Å². The lowest BCUT2D eigenvalue weighted by Gasteiger charge is -2.32. The predicted octanol–water partition coefficient (Wildman–Crippen LogP) is 3.96. The minimum absolute atomic E-state index is 0.257. The van der Waals surface area contributed by atoms with Gasteiger partial charge in [0, 0.05) is 24.5 Å². The van der Waals surface area contributed by atoms with E-state index in [2.05, 4.69) is 29.3 Å². The lowest BCUT2D eigenvalue weighted by molar-refractivity contribution is 0.0487. The molecule has 1 fully saturated rings. The highest BCUT2D eigenvalue weighted by molar-refractivity contribution is 5.86. The number of aryl methyl sites for hydroxylation is 3. The summed E-state index contributed by atoms with van der Waals surface area (Å²) in [5.41, 5.74) is 5.06. The first-order chi connectivity index (χ1) is 15.6. The number of carbonyl (C=O) groups excluding carboxylic acids is 1. The van der Waals surface area contributed by atoms with E-state index in [0.29, 0.717) is 19.2 Å². The summed E-state index contributed by atoms with van der Waals surface area (Å²) in [5.74, 6) is 1.43. The first-order valence-electron chi connectivity index (χ1n) is 11.6. The van der Waals surface area contributed by atoms with E-state index in [1.807, 2.05) is 6.07 Å². The van der Waals surface area contributed by atoms with Gasteiger partial charge in [-0.05, 0) is 81.3 Å². The lowest BCUT2D eigenvalue weighted by atomic mass is 10.0. The van der Waals surface area contributed by atoms with E-state index < -0.39 is 5.97 Å². The fraction of sp³-hybridized carbons (Fsp3) is 0.480. The number of esters is 1. The summed E-state index contributed by atoms with van der Waals surface area (Å²) in [7, 11) is 0. The van der Waals surface area contributed by atoms with Crippen LogP contribution in [0, 0.1) is 6.92 Å². The van der Waals surface area contributed by atoms with Crippen LogP contribution in [0.2, 0.25) is 0 Å². The minimum Gasteiger partial charge on any atom is -0.460 e. The van der Waals surface area contributed by atoms with E-state index in [1.54, 1.807) is 13.0 Å². The Labute approximate surface area is 188 Å². The molecule has 1 aliphatic carbocycles. The van der Waals surface area contributed by atoms with Crippen molar-refractivity contribution >= 4 is 22.8 Å². The van der Waals surface area contributed by atoms with Gasteiger partial charge in [0.25, 0.3) is 0 Å². The molecule has 32 heavy (non-hydrogen) atoms. The fourth-order valence-electron chi connectivity index (χ4n) is 4.79.